The monoisotopic (exact) mass is 300 g/mol. The summed E-state index contributed by atoms with van der Waals surface area (Å²) in [6.45, 7) is 2.02. The molecule has 0 fully saturated rings. The van der Waals surface area contributed by atoms with E-state index in [1.54, 1.807) is 0 Å². The molecule has 0 radical (unpaired) electrons. The maximum Gasteiger partial charge on any atom is 0.228 e. The van der Waals surface area contributed by atoms with Gasteiger partial charge in [-0.15, -0.1) is 0 Å². The van der Waals surface area contributed by atoms with Crippen molar-refractivity contribution in [3.8, 4) is 0 Å². The molecule has 0 saturated carbocycles. The van der Waals surface area contributed by atoms with E-state index in [2.05, 4.69) is 28.8 Å². The second-order valence-corrected chi connectivity index (χ2v) is 5.80. The van der Waals surface area contributed by atoms with E-state index < -0.39 is 0 Å². The minimum Gasteiger partial charge on any atom is -0.326 e. The van der Waals surface area contributed by atoms with Gasteiger partial charge in [0.25, 0.3) is 0 Å². The molecule has 1 aliphatic heterocycles. The van der Waals surface area contributed by atoms with E-state index in [1.807, 2.05) is 32.2 Å². The van der Waals surface area contributed by atoms with Crippen molar-refractivity contribution in [1.82, 2.24) is 5.32 Å². The number of anilines is 1. The van der Waals surface area contributed by atoms with Crippen molar-refractivity contribution < 1.29 is 4.79 Å². The Balaban J connectivity index is 2.01. The number of halogens is 1. The first kappa shape index (κ1) is 14.1. The van der Waals surface area contributed by atoms with Crippen LogP contribution in [-0.2, 0) is 11.2 Å². The first-order chi connectivity index (χ1) is 10.1. The Labute approximate surface area is 129 Å². The van der Waals surface area contributed by atoms with Gasteiger partial charge in [0.2, 0.25) is 5.91 Å². The van der Waals surface area contributed by atoms with Crippen LogP contribution in [0.4, 0.5) is 5.69 Å². The summed E-state index contributed by atoms with van der Waals surface area (Å²) in [5, 5.41) is 6.92. The van der Waals surface area contributed by atoms with Gasteiger partial charge in [0.15, 0.2) is 0 Å². The van der Waals surface area contributed by atoms with E-state index in [9.17, 15) is 4.79 Å². The van der Waals surface area contributed by atoms with Crippen LogP contribution in [0.1, 0.15) is 28.3 Å². The van der Waals surface area contributed by atoms with Crippen LogP contribution >= 0.6 is 11.6 Å². The molecule has 1 atom stereocenters. The summed E-state index contributed by atoms with van der Waals surface area (Å²) in [6, 6.07) is 12.2. The van der Waals surface area contributed by atoms with Gasteiger partial charge in [0, 0.05) is 10.7 Å². The number of rotatable bonds is 3. The molecule has 0 bridgehead atoms. The minimum atomic E-state index is 0.0131. The van der Waals surface area contributed by atoms with Gasteiger partial charge in [-0.05, 0) is 48.4 Å². The third-order valence-electron chi connectivity index (χ3n) is 3.84. The highest BCUT2D eigenvalue weighted by Crippen LogP contribution is 2.32. The van der Waals surface area contributed by atoms with Gasteiger partial charge >= 0.3 is 0 Å². The van der Waals surface area contributed by atoms with Gasteiger partial charge in [-0.3, -0.25) is 4.79 Å². The normalized spacial score (nSPS) is 14.7. The lowest BCUT2D eigenvalue weighted by atomic mass is 9.95. The van der Waals surface area contributed by atoms with Crippen molar-refractivity contribution in [2.24, 2.45) is 0 Å². The molecule has 0 aromatic heterocycles. The number of fused-ring (bicyclic) bond motifs is 1. The summed E-state index contributed by atoms with van der Waals surface area (Å²) >= 11 is 6.39. The Kier molecular flexibility index (Phi) is 3.70. The quantitative estimate of drug-likeness (QED) is 0.911. The van der Waals surface area contributed by atoms with Crippen molar-refractivity contribution in [1.29, 1.82) is 0 Å². The molecular formula is C17H17ClN2O. The predicted octanol–water partition coefficient (Wildman–Crippen LogP) is 3.45. The van der Waals surface area contributed by atoms with Gasteiger partial charge in [0.1, 0.15) is 0 Å². The number of hydrogen-bond donors (Lipinski definition) is 2. The second-order valence-electron chi connectivity index (χ2n) is 5.39. The Morgan fingerprint density at radius 1 is 1.24 bits per heavy atom. The number of carbonyl (C=O) groups excluding carboxylic acids is 1. The van der Waals surface area contributed by atoms with Crippen molar-refractivity contribution >= 4 is 23.2 Å². The molecule has 3 rings (SSSR count). The molecule has 0 spiro atoms. The van der Waals surface area contributed by atoms with Gasteiger partial charge < -0.3 is 10.6 Å². The highest BCUT2D eigenvalue weighted by atomic mass is 35.5. The third kappa shape index (κ3) is 2.67. The lowest BCUT2D eigenvalue weighted by Gasteiger charge is -2.19. The molecule has 0 aliphatic carbocycles. The molecule has 2 N–H and O–H groups in total. The smallest absolute Gasteiger partial charge is 0.228 e. The van der Waals surface area contributed by atoms with Crippen LogP contribution in [0.2, 0.25) is 5.02 Å². The van der Waals surface area contributed by atoms with Gasteiger partial charge in [0.05, 0.1) is 12.5 Å². The molecule has 1 unspecified atom stereocenters. The van der Waals surface area contributed by atoms with Gasteiger partial charge in [-0.25, -0.2) is 0 Å². The van der Waals surface area contributed by atoms with Crippen molar-refractivity contribution in [2.75, 3.05) is 12.4 Å². The number of carbonyl (C=O) groups is 1. The average Bonchev–Trinajstić information content (AvgIpc) is 2.81. The molecule has 2 aromatic rings. The van der Waals surface area contributed by atoms with E-state index in [4.69, 9.17) is 11.6 Å². The summed E-state index contributed by atoms with van der Waals surface area (Å²) in [4.78, 5) is 11.5. The molecule has 0 saturated heterocycles. The zero-order valence-electron chi connectivity index (χ0n) is 12.0. The zero-order valence-corrected chi connectivity index (χ0v) is 12.8. The molecule has 3 nitrogen and oxygen atoms in total. The number of nitrogens with one attached hydrogen (secondary N) is 2. The highest BCUT2D eigenvalue weighted by molar-refractivity contribution is 6.31. The molecule has 2 aromatic carbocycles. The number of aryl methyl sites for hydroxylation is 1. The minimum absolute atomic E-state index is 0.0131. The molecular weight excluding hydrogens is 284 g/mol. The van der Waals surface area contributed by atoms with Crippen molar-refractivity contribution in [2.45, 2.75) is 19.4 Å². The summed E-state index contributed by atoms with van der Waals surface area (Å²) < 4.78 is 0. The molecule has 1 amide bonds. The third-order valence-corrected chi connectivity index (χ3v) is 4.17. The van der Waals surface area contributed by atoms with Crippen molar-refractivity contribution in [3.05, 3.63) is 63.7 Å². The summed E-state index contributed by atoms with van der Waals surface area (Å²) in [7, 11) is 1.91. The van der Waals surface area contributed by atoms with E-state index in [0.717, 1.165) is 33.0 Å². The van der Waals surface area contributed by atoms with Crippen LogP contribution in [0.5, 0.6) is 0 Å². The Morgan fingerprint density at radius 3 is 2.76 bits per heavy atom. The molecule has 21 heavy (non-hydrogen) atoms. The van der Waals surface area contributed by atoms with Crippen LogP contribution < -0.4 is 10.6 Å². The predicted molar refractivity (Wildman–Crippen MR) is 85.9 cm³/mol. The zero-order chi connectivity index (χ0) is 15.0. The first-order valence-electron chi connectivity index (χ1n) is 6.94. The number of benzene rings is 2. The number of amides is 1. The SMILES string of the molecule is CNC(c1ccc2c(c1)CC(=O)N2)c1ccc(C)cc1Cl. The Morgan fingerprint density at radius 2 is 2.05 bits per heavy atom. The van der Waals surface area contributed by atoms with Crippen LogP contribution in [-0.4, -0.2) is 13.0 Å². The van der Waals surface area contributed by atoms with Crippen molar-refractivity contribution in [3.63, 3.8) is 0 Å². The number of hydrogen-bond acceptors (Lipinski definition) is 2. The van der Waals surface area contributed by atoms with Crippen LogP contribution in [0, 0.1) is 6.92 Å². The molecule has 1 aliphatic rings. The largest absolute Gasteiger partial charge is 0.326 e. The summed E-state index contributed by atoms with van der Waals surface area (Å²) in [6.07, 6.45) is 0.446. The molecule has 1 heterocycles. The van der Waals surface area contributed by atoms with E-state index in [-0.39, 0.29) is 11.9 Å². The summed E-state index contributed by atoms with van der Waals surface area (Å²) in [5.74, 6) is 0.0523. The lowest BCUT2D eigenvalue weighted by molar-refractivity contribution is -0.115. The van der Waals surface area contributed by atoms with E-state index in [0.29, 0.717) is 6.42 Å². The Hall–Kier alpha value is -1.84. The fraction of sp³-hybridized carbons (Fsp3) is 0.235. The highest BCUT2D eigenvalue weighted by Gasteiger charge is 2.21. The van der Waals surface area contributed by atoms with E-state index >= 15 is 0 Å². The van der Waals surface area contributed by atoms with Crippen LogP contribution in [0.3, 0.4) is 0 Å². The average molecular weight is 301 g/mol. The lowest BCUT2D eigenvalue weighted by Crippen LogP contribution is -2.18. The van der Waals surface area contributed by atoms with Crippen LogP contribution in [0.15, 0.2) is 36.4 Å². The fourth-order valence-electron chi connectivity index (χ4n) is 2.80. The molecule has 108 valence electrons. The van der Waals surface area contributed by atoms with Gasteiger partial charge in [-0.2, -0.15) is 0 Å². The second kappa shape index (κ2) is 5.51. The standard InChI is InChI=1S/C17H17ClN2O/c1-10-3-5-13(14(18)7-10)17(19-2)11-4-6-15-12(8-11)9-16(21)20-15/h3-8,17,19H,9H2,1-2H3,(H,20,21). The van der Waals surface area contributed by atoms with Gasteiger partial charge in [-0.1, -0.05) is 35.9 Å². The summed E-state index contributed by atoms with van der Waals surface area (Å²) in [5.41, 5.74) is 5.25. The molecule has 4 heteroatoms. The van der Waals surface area contributed by atoms with E-state index in [1.165, 1.54) is 0 Å². The first-order valence-corrected chi connectivity index (χ1v) is 7.32. The maximum absolute atomic E-state index is 11.5. The maximum atomic E-state index is 11.5. The fourth-order valence-corrected chi connectivity index (χ4v) is 3.14. The topological polar surface area (TPSA) is 41.1 Å². The Bertz CT molecular complexity index is 712. The van der Waals surface area contributed by atoms with Crippen LogP contribution in [0.25, 0.3) is 0 Å².